The van der Waals surface area contributed by atoms with E-state index in [0.29, 0.717) is 6.42 Å². The molecule has 0 bridgehead atoms. The maximum Gasteiger partial charge on any atom is 1.00 e. The first-order valence-corrected chi connectivity index (χ1v) is 12.0. The summed E-state index contributed by atoms with van der Waals surface area (Å²) in [6.07, 6.45) is 18.9. The van der Waals surface area contributed by atoms with Gasteiger partial charge in [0.1, 0.15) is 0 Å². The Hall–Kier alpha value is 0.380. The number of carbonyl (C=O) groups is 1. The van der Waals surface area contributed by atoms with Crippen molar-refractivity contribution in [2.45, 2.75) is 117 Å². The van der Waals surface area contributed by atoms with Gasteiger partial charge in [-0.05, 0) is 13.3 Å². The largest absolute Gasteiger partial charge is 1.00 e. The second kappa shape index (κ2) is 21.1. The van der Waals surface area contributed by atoms with Gasteiger partial charge in [-0.3, -0.25) is 4.79 Å². The molecule has 27 heavy (non-hydrogen) atoms. The van der Waals surface area contributed by atoms with E-state index in [4.69, 9.17) is 0 Å². The molecule has 0 aromatic heterocycles. The van der Waals surface area contributed by atoms with Gasteiger partial charge >= 0.3 is 45.9 Å². The Morgan fingerprint density at radius 1 is 0.704 bits per heavy atom. The van der Waals surface area contributed by atoms with Crippen molar-refractivity contribution in [3.05, 3.63) is 0 Å². The molecule has 0 aromatic rings. The molecule has 7 heteroatoms. The van der Waals surface area contributed by atoms with Gasteiger partial charge in [-0.2, -0.15) is 8.42 Å². The summed E-state index contributed by atoms with van der Waals surface area (Å²) < 4.78 is 30.9. The first kappa shape index (κ1) is 29.6. The molecule has 0 fully saturated rings. The van der Waals surface area contributed by atoms with Gasteiger partial charge in [0, 0.05) is 6.42 Å². The van der Waals surface area contributed by atoms with Crippen molar-refractivity contribution in [3.63, 3.8) is 0 Å². The van der Waals surface area contributed by atoms with Crippen LogP contribution in [0, 0.1) is 0 Å². The van der Waals surface area contributed by atoms with E-state index < -0.39 is 16.4 Å². The van der Waals surface area contributed by atoms with Crippen molar-refractivity contribution < 1.29 is 52.6 Å². The van der Waals surface area contributed by atoms with E-state index in [9.17, 15) is 13.2 Å². The molecule has 0 heterocycles. The standard InChI is InChI=1S/C20H40O5S.Na.H/c1-3-5-6-7-8-9-10-11-12-13-14-15-16-17-18-19-20(21)25-26(22,23)24-4-2;;/h3-19H2,1-2H3;;/q;+1;-1. The number of hydrogen-bond acceptors (Lipinski definition) is 5. The fourth-order valence-corrected chi connectivity index (χ4v) is 3.61. The fraction of sp³-hybridized carbons (Fsp3) is 0.950. The van der Waals surface area contributed by atoms with E-state index in [2.05, 4.69) is 15.3 Å². The summed E-state index contributed by atoms with van der Waals surface area (Å²) in [5.74, 6) is -0.729. The minimum atomic E-state index is -4.15. The molecule has 0 saturated heterocycles. The Kier molecular flexibility index (Phi) is 23.1. The van der Waals surface area contributed by atoms with Crippen LogP contribution in [0.15, 0.2) is 0 Å². The monoisotopic (exact) mass is 416 g/mol. The van der Waals surface area contributed by atoms with Gasteiger partial charge in [0.2, 0.25) is 0 Å². The van der Waals surface area contributed by atoms with E-state index in [1.807, 2.05) is 0 Å². The van der Waals surface area contributed by atoms with Crippen LogP contribution in [-0.4, -0.2) is 21.0 Å². The molecule has 0 unspecified atom stereocenters. The first-order valence-electron chi connectivity index (χ1n) is 10.6. The maximum absolute atomic E-state index is 11.4. The van der Waals surface area contributed by atoms with Crippen LogP contribution < -0.4 is 29.6 Å². The van der Waals surface area contributed by atoms with Gasteiger partial charge in [0.15, 0.2) is 0 Å². The molecule has 158 valence electrons. The van der Waals surface area contributed by atoms with Crippen LogP contribution in [0.5, 0.6) is 0 Å². The van der Waals surface area contributed by atoms with Crippen LogP contribution >= 0.6 is 0 Å². The summed E-state index contributed by atoms with van der Waals surface area (Å²) in [7, 11) is -4.15. The second-order valence-corrected chi connectivity index (χ2v) is 8.19. The molecule has 0 rings (SSSR count). The zero-order valence-electron chi connectivity index (χ0n) is 19.0. The molecule has 0 aliphatic heterocycles. The normalized spacial score (nSPS) is 11.2. The predicted molar refractivity (Wildman–Crippen MR) is 107 cm³/mol. The van der Waals surface area contributed by atoms with E-state index in [1.165, 1.54) is 84.0 Å². The summed E-state index contributed by atoms with van der Waals surface area (Å²) in [4.78, 5) is 11.4. The first-order chi connectivity index (χ1) is 12.5. The molecular formula is C20H41NaO5S. The van der Waals surface area contributed by atoms with E-state index in [-0.39, 0.29) is 44.0 Å². The van der Waals surface area contributed by atoms with Crippen LogP contribution in [0.1, 0.15) is 118 Å². The van der Waals surface area contributed by atoms with E-state index in [1.54, 1.807) is 0 Å². The van der Waals surface area contributed by atoms with Crippen molar-refractivity contribution in [2.24, 2.45) is 0 Å². The van der Waals surface area contributed by atoms with Crippen LogP contribution in [0.3, 0.4) is 0 Å². The Morgan fingerprint density at radius 2 is 1.07 bits per heavy atom. The fourth-order valence-electron chi connectivity index (χ4n) is 2.96. The zero-order valence-corrected chi connectivity index (χ0v) is 20.8. The molecule has 0 aliphatic carbocycles. The number of unbranched alkanes of at least 4 members (excludes halogenated alkanes) is 14. The van der Waals surface area contributed by atoms with Gasteiger partial charge in [-0.25, -0.2) is 4.18 Å². The Morgan fingerprint density at radius 3 is 1.44 bits per heavy atom. The SMILES string of the molecule is CCCCCCCCCCCCCCCCCC(=O)OS(=O)(=O)OCC.[H-].[Na+]. The van der Waals surface area contributed by atoms with Crippen molar-refractivity contribution >= 4 is 16.4 Å². The molecule has 0 radical (unpaired) electrons. The quantitative estimate of drug-likeness (QED) is 0.239. The molecule has 0 amide bonds. The summed E-state index contributed by atoms with van der Waals surface area (Å²) in [6, 6.07) is 0. The van der Waals surface area contributed by atoms with Crippen molar-refractivity contribution in [3.8, 4) is 0 Å². The number of carbonyl (C=O) groups excluding carboxylic acids is 1. The molecule has 0 atom stereocenters. The van der Waals surface area contributed by atoms with Crippen molar-refractivity contribution in [1.82, 2.24) is 0 Å². The number of rotatable bonds is 19. The van der Waals surface area contributed by atoms with Crippen LogP contribution in [-0.2, 0) is 23.6 Å². The third kappa shape index (κ3) is 22.5. The molecule has 0 spiro atoms. The predicted octanol–water partition coefficient (Wildman–Crippen LogP) is 3.19. The second-order valence-electron chi connectivity index (χ2n) is 6.97. The van der Waals surface area contributed by atoms with Gasteiger partial charge in [-0.1, -0.05) is 96.8 Å². The van der Waals surface area contributed by atoms with Gasteiger partial charge < -0.3 is 5.61 Å². The van der Waals surface area contributed by atoms with Crippen LogP contribution in [0.4, 0.5) is 0 Å². The Balaban J connectivity index is -0.00000312. The van der Waals surface area contributed by atoms with E-state index in [0.717, 1.165) is 12.8 Å². The molecular weight excluding hydrogens is 375 g/mol. The molecule has 0 aromatic carbocycles. The zero-order chi connectivity index (χ0) is 19.5. The van der Waals surface area contributed by atoms with Crippen LogP contribution in [0.25, 0.3) is 0 Å². The topological polar surface area (TPSA) is 69.7 Å². The van der Waals surface area contributed by atoms with Gasteiger partial charge in [0.25, 0.3) is 0 Å². The minimum absolute atomic E-state index is 0. The van der Waals surface area contributed by atoms with Gasteiger partial charge in [-0.15, -0.1) is 0 Å². The third-order valence-corrected chi connectivity index (χ3v) is 5.36. The summed E-state index contributed by atoms with van der Waals surface area (Å²) in [6.45, 7) is 3.75. The molecule has 0 N–H and O–H groups in total. The molecule has 0 saturated carbocycles. The Bertz CT molecular complexity index is 432. The minimum Gasteiger partial charge on any atom is -1.00 e. The average Bonchev–Trinajstić information content (AvgIpc) is 2.57. The number of hydrogen-bond donors (Lipinski definition) is 0. The average molecular weight is 417 g/mol. The van der Waals surface area contributed by atoms with Gasteiger partial charge in [0.05, 0.1) is 6.61 Å². The van der Waals surface area contributed by atoms with E-state index >= 15 is 0 Å². The molecule has 0 aliphatic rings. The summed E-state index contributed by atoms with van der Waals surface area (Å²) in [5.41, 5.74) is 0. The molecule has 5 nitrogen and oxygen atoms in total. The summed E-state index contributed by atoms with van der Waals surface area (Å²) in [5, 5.41) is 0. The Labute approximate surface area is 191 Å². The third-order valence-electron chi connectivity index (χ3n) is 4.44. The van der Waals surface area contributed by atoms with Crippen molar-refractivity contribution in [1.29, 1.82) is 0 Å². The maximum atomic E-state index is 11.4. The summed E-state index contributed by atoms with van der Waals surface area (Å²) >= 11 is 0. The van der Waals surface area contributed by atoms with Crippen LogP contribution in [0.2, 0.25) is 0 Å². The smallest absolute Gasteiger partial charge is 1.00 e. The van der Waals surface area contributed by atoms with Crippen molar-refractivity contribution in [2.75, 3.05) is 6.61 Å².